The summed E-state index contributed by atoms with van der Waals surface area (Å²) in [4.78, 5) is 37.5. The molecule has 2 N–H and O–H groups in total. The number of nitrogens with zero attached hydrogens (tertiary/aromatic N) is 4. The summed E-state index contributed by atoms with van der Waals surface area (Å²) in [5.41, 5.74) is 6.21. The molecule has 0 unspecified atom stereocenters. The maximum atomic E-state index is 13.0. The molecule has 1 saturated heterocycles. The molecule has 1 aliphatic heterocycles. The van der Waals surface area contributed by atoms with E-state index < -0.39 is 0 Å². The molecule has 192 valence electrons. The van der Waals surface area contributed by atoms with E-state index >= 15 is 0 Å². The van der Waals surface area contributed by atoms with E-state index in [-0.39, 0.29) is 11.8 Å². The van der Waals surface area contributed by atoms with Crippen molar-refractivity contribution in [2.75, 3.05) is 41.7 Å². The van der Waals surface area contributed by atoms with Crippen LogP contribution in [0.3, 0.4) is 0 Å². The number of hydrogen-bond donors (Lipinski definition) is 2. The van der Waals surface area contributed by atoms with E-state index in [0.717, 1.165) is 52.5 Å². The molecule has 0 saturated carbocycles. The van der Waals surface area contributed by atoms with E-state index in [0.29, 0.717) is 19.0 Å². The highest BCUT2D eigenvalue weighted by Crippen LogP contribution is 2.25. The first kappa shape index (κ1) is 25.0. The molecule has 3 aromatic carbocycles. The number of hydrogen-bond acceptors (Lipinski definition) is 6. The van der Waals surface area contributed by atoms with Gasteiger partial charge in [0.05, 0.1) is 5.69 Å². The Morgan fingerprint density at radius 1 is 0.842 bits per heavy atom. The molecular formula is C30H30N6O2. The first-order valence-electron chi connectivity index (χ1n) is 12.6. The van der Waals surface area contributed by atoms with Gasteiger partial charge < -0.3 is 20.4 Å². The number of piperazine rings is 1. The Bertz CT molecular complexity index is 1450. The highest BCUT2D eigenvalue weighted by molar-refractivity contribution is 5.95. The van der Waals surface area contributed by atoms with Crippen molar-refractivity contribution in [3.05, 3.63) is 96.2 Å². The molecule has 0 atom stereocenters. The van der Waals surface area contributed by atoms with E-state index in [1.165, 1.54) is 6.92 Å². The fourth-order valence-electron chi connectivity index (χ4n) is 4.57. The number of amides is 2. The van der Waals surface area contributed by atoms with Crippen LogP contribution in [0.4, 0.5) is 23.0 Å². The van der Waals surface area contributed by atoms with Gasteiger partial charge in [-0.3, -0.25) is 9.59 Å². The molecular weight excluding hydrogens is 476 g/mol. The smallest absolute Gasteiger partial charge is 0.254 e. The Morgan fingerprint density at radius 3 is 2.34 bits per heavy atom. The second-order valence-corrected chi connectivity index (χ2v) is 9.29. The van der Waals surface area contributed by atoms with E-state index in [4.69, 9.17) is 0 Å². The predicted octanol–water partition coefficient (Wildman–Crippen LogP) is 5.12. The largest absolute Gasteiger partial charge is 0.368 e. The molecule has 2 amide bonds. The minimum atomic E-state index is -0.105. The summed E-state index contributed by atoms with van der Waals surface area (Å²) < 4.78 is 0. The van der Waals surface area contributed by atoms with Crippen LogP contribution in [0.5, 0.6) is 0 Å². The average Bonchev–Trinajstić information content (AvgIpc) is 2.93. The molecule has 2 heterocycles. The van der Waals surface area contributed by atoms with Gasteiger partial charge in [0.2, 0.25) is 11.9 Å². The molecule has 4 aromatic rings. The number of carbonyl (C=O) groups excluding carboxylic acids is 2. The quantitative estimate of drug-likeness (QED) is 0.377. The molecule has 8 heteroatoms. The molecule has 0 aliphatic carbocycles. The fourth-order valence-corrected chi connectivity index (χ4v) is 4.57. The molecule has 1 aliphatic rings. The molecule has 5 rings (SSSR count). The second-order valence-electron chi connectivity index (χ2n) is 9.29. The van der Waals surface area contributed by atoms with Crippen molar-refractivity contribution in [3.63, 3.8) is 0 Å². The van der Waals surface area contributed by atoms with Gasteiger partial charge in [-0.2, -0.15) is 0 Å². The number of benzene rings is 3. The fraction of sp³-hybridized carbons (Fsp3) is 0.200. The van der Waals surface area contributed by atoms with Gasteiger partial charge in [0, 0.05) is 67.5 Å². The van der Waals surface area contributed by atoms with Crippen molar-refractivity contribution in [1.82, 2.24) is 14.9 Å². The third-order valence-corrected chi connectivity index (χ3v) is 6.57. The first-order chi connectivity index (χ1) is 18.5. The highest BCUT2D eigenvalue weighted by atomic mass is 16.2. The number of anilines is 4. The van der Waals surface area contributed by atoms with Gasteiger partial charge >= 0.3 is 0 Å². The number of nitrogens with one attached hydrogen (secondary N) is 2. The summed E-state index contributed by atoms with van der Waals surface area (Å²) >= 11 is 0. The summed E-state index contributed by atoms with van der Waals surface area (Å²) in [6, 6.07) is 25.3. The van der Waals surface area contributed by atoms with Crippen LogP contribution < -0.4 is 15.5 Å². The first-order valence-corrected chi connectivity index (χ1v) is 12.6. The molecule has 0 bridgehead atoms. The Morgan fingerprint density at radius 2 is 1.61 bits per heavy atom. The zero-order valence-electron chi connectivity index (χ0n) is 21.5. The van der Waals surface area contributed by atoms with Crippen molar-refractivity contribution in [1.29, 1.82) is 0 Å². The minimum absolute atomic E-state index is 0.0972. The van der Waals surface area contributed by atoms with Crippen molar-refractivity contribution in [3.8, 4) is 11.3 Å². The third kappa shape index (κ3) is 5.81. The van der Waals surface area contributed by atoms with Crippen LogP contribution >= 0.6 is 0 Å². The van der Waals surface area contributed by atoms with Crippen LogP contribution in [-0.2, 0) is 4.79 Å². The summed E-state index contributed by atoms with van der Waals surface area (Å²) in [7, 11) is 0. The monoisotopic (exact) mass is 506 g/mol. The predicted molar refractivity (Wildman–Crippen MR) is 151 cm³/mol. The van der Waals surface area contributed by atoms with Crippen LogP contribution in [0.2, 0.25) is 0 Å². The lowest BCUT2D eigenvalue weighted by Gasteiger charge is -2.36. The normalized spacial score (nSPS) is 13.2. The van der Waals surface area contributed by atoms with E-state index in [1.54, 1.807) is 6.20 Å². The standard InChI is InChI=1S/C30H30N6O2/c1-21-6-3-4-9-27(21)29(38)36-18-16-35(17-19-36)26-8-5-7-25(20-26)33-30-31-15-14-28(34-30)23-10-12-24(13-11-23)32-22(2)37/h3-15,20H,16-19H2,1-2H3,(H,32,37)(H,31,33,34). The summed E-state index contributed by atoms with van der Waals surface area (Å²) in [5, 5.41) is 6.09. The molecule has 1 fully saturated rings. The molecule has 38 heavy (non-hydrogen) atoms. The highest BCUT2D eigenvalue weighted by Gasteiger charge is 2.23. The topological polar surface area (TPSA) is 90.5 Å². The van der Waals surface area contributed by atoms with Crippen LogP contribution in [0.15, 0.2) is 85.1 Å². The van der Waals surface area contributed by atoms with Crippen LogP contribution in [-0.4, -0.2) is 52.9 Å². The summed E-state index contributed by atoms with van der Waals surface area (Å²) in [5.74, 6) is 0.491. The molecule has 0 spiro atoms. The summed E-state index contributed by atoms with van der Waals surface area (Å²) in [6.07, 6.45) is 1.72. The lowest BCUT2D eigenvalue weighted by atomic mass is 10.1. The van der Waals surface area contributed by atoms with Gasteiger partial charge in [0.15, 0.2) is 0 Å². The third-order valence-electron chi connectivity index (χ3n) is 6.57. The van der Waals surface area contributed by atoms with Crippen molar-refractivity contribution in [2.24, 2.45) is 0 Å². The SMILES string of the molecule is CC(=O)Nc1ccc(-c2ccnc(Nc3cccc(N4CCN(C(=O)c5ccccc5C)CC4)c3)n2)cc1. The van der Waals surface area contributed by atoms with Crippen LogP contribution in [0.1, 0.15) is 22.8 Å². The number of rotatable bonds is 6. The Labute approximate surface area is 222 Å². The van der Waals surface area contributed by atoms with E-state index in [2.05, 4.69) is 37.6 Å². The zero-order valence-corrected chi connectivity index (χ0v) is 21.5. The lowest BCUT2D eigenvalue weighted by molar-refractivity contribution is -0.114. The van der Waals surface area contributed by atoms with E-state index in [9.17, 15) is 9.59 Å². The Balaban J connectivity index is 1.23. The van der Waals surface area contributed by atoms with Gasteiger partial charge in [-0.25, -0.2) is 9.97 Å². The second kappa shape index (κ2) is 11.1. The van der Waals surface area contributed by atoms with Crippen LogP contribution in [0.25, 0.3) is 11.3 Å². The van der Waals surface area contributed by atoms with Gasteiger partial charge in [0.25, 0.3) is 5.91 Å². The van der Waals surface area contributed by atoms with Crippen LogP contribution in [0, 0.1) is 6.92 Å². The molecule has 1 aromatic heterocycles. The van der Waals surface area contributed by atoms with Crippen molar-refractivity contribution >= 4 is 34.8 Å². The average molecular weight is 507 g/mol. The van der Waals surface area contributed by atoms with Crippen molar-refractivity contribution in [2.45, 2.75) is 13.8 Å². The maximum Gasteiger partial charge on any atom is 0.254 e. The maximum absolute atomic E-state index is 13.0. The van der Waals surface area contributed by atoms with Gasteiger partial charge in [-0.15, -0.1) is 0 Å². The molecule has 8 nitrogen and oxygen atoms in total. The Kier molecular flexibility index (Phi) is 7.31. The van der Waals surface area contributed by atoms with Gasteiger partial charge in [-0.1, -0.05) is 36.4 Å². The van der Waals surface area contributed by atoms with E-state index in [1.807, 2.05) is 78.6 Å². The lowest BCUT2D eigenvalue weighted by Crippen LogP contribution is -2.48. The van der Waals surface area contributed by atoms with Gasteiger partial charge in [-0.05, 0) is 55.0 Å². The minimum Gasteiger partial charge on any atom is -0.368 e. The zero-order chi connectivity index (χ0) is 26.5. The Hall–Kier alpha value is -4.72. The molecule has 0 radical (unpaired) electrons. The number of aryl methyl sites for hydroxylation is 1. The van der Waals surface area contributed by atoms with Gasteiger partial charge in [0.1, 0.15) is 0 Å². The summed E-state index contributed by atoms with van der Waals surface area (Å²) in [6.45, 7) is 6.35. The number of aromatic nitrogens is 2. The number of carbonyl (C=O) groups is 2. The van der Waals surface area contributed by atoms with Crippen molar-refractivity contribution < 1.29 is 9.59 Å².